The quantitative estimate of drug-likeness (QED) is 0.607. The van der Waals surface area contributed by atoms with Gasteiger partial charge in [-0.05, 0) is 43.7 Å². The van der Waals surface area contributed by atoms with Crippen molar-refractivity contribution in [3.63, 3.8) is 0 Å². The fourth-order valence-corrected chi connectivity index (χ4v) is 2.68. The van der Waals surface area contributed by atoms with Crippen LogP contribution in [-0.4, -0.2) is 9.97 Å². The first-order chi connectivity index (χ1) is 11.8. The molecule has 3 rings (SSSR count). The zero-order chi connectivity index (χ0) is 18.2. The summed E-state index contributed by atoms with van der Waals surface area (Å²) in [7, 11) is 0. The lowest BCUT2D eigenvalue weighted by molar-refractivity contribution is -0.137. The summed E-state index contributed by atoms with van der Waals surface area (Å²) in [6.07, 6.45) is -2.86. The largest absolute Gasteiger partial charge is 0.453 e. The number of nitrogens with zero attached hydrogens (tertiary/aromatic N) is 1. The lowest BCUT2D eigenvalue weighted by Crippen LogP contribution is -2.07. The molecule has 0 amide bonds. The van der Waals surface area contributed by atoms with Crippen LogP contribution in [0.15, 0.2) is 34.7 Å². The van der Waals surface area contributed by atoms with Crippen LogP contribution in [0.3, 0.4) is 0 Å². The molecule has 0 radical (unpaired) electrons. The summed E-state index contributed by atoms with van der Waals surface area (Å²) in [5, 5.41) is 0. The molecular formula is C18H16F4N2O. The number of hydrogen-bond donors (Lipinski definition) is 1. The molecule has 0 aliphatic heterocycles. The van der Waals surface area contributed by atoms with Gasteiger partial charge in [0.05, 0.1) is 11.3 Å². The van der Waals surface area contributed by atoms with Crippen LogP contribution in [0.1, 0.15) is 30.3 Å². The van der Waals surface area contributed by atoms with Crippen molar-refractivity contribution in [2.24, 2.45) is 0 Å². The van der Waals surface area contributed by atoms with Gasteiger partial charge in [0.2, 0.25) is 0 Å². The van der Waals surface area contributed by atoms with Crippen LogP contribution in [0.25, 0.3) is 22.9 Å². The van der Waals surface area contributed by atoms with Crippen molar-refractivity contribution in [3.05, 3.63) is 53.1 Å². The van der Waals surface area contributed by atoms with Gasteiger partial charge in [0, 0.05) is 11.3 Å². The van der Waals surface area contributed by atoms with Gasteiger partial charge in [-0.25, -0.2) is 9.37 Å². The summed E-state index contributed by atoms with van der Waals surface area (Å²) in [5.74, 6) is -0.0806. The Morgan fingerprint density at radius 1 is 1.12 bits per heavy atom. The molecular weight excluding hydrogens is 336 g/mol. The molecule has 2 aromatic heterocycles. The Kier molecular flexibility index (Phi) is 4.41. The number of benzene rings is 1. The zero-order valence-corrected chi connectivity index (χ0v) is 13.7. The number of rotatable bonds is 4. The number of furan rings is 1. The van der Waals surface area contributed by atoms with E-state index in [4.69, 9.17) is 4.42 Å². The first-order valence-electron chi connectivity index (χ1n) is 7.82. The number of halogens is 4. The third-order valence-electron chi connectivity index (χ3n) is 3.88. The van der Waals surface area contributed by atoms with Gasteiger partial charge in [0.15, 0.2) is 11.6 Å². The molecule has 0 atom stereocenters. The molecule has 0 saturated carbocycles. The number of H-pyrrole nitrogens is 1. The van der Waals surface area contributed by atoms with Crippen molar-refractivity contribution in [3.8, 4) is 22.9 Å². The summed E-state index contributed by atoms with van der Waals surface area (Å²) < 4.78 is 58.5. The third-order valence-corrected chi connectivity index (χ3v) is 3.88. The van der Waals surface area contributed by atoms with Gasteiger partial charge >= 0.3 is 6.18 Å². The minimum absolute atomic E-state index is 0.0621. The van der Waals surface area contributed by atoms with Gasteiger partial charge in [0.1, 0.15) is 11.6 Å². The van der Waals surface area contributed by atoms with Gasteiger partial charge in [-0.1, -0.05) is 13.3 Å². The Morgan fingerprint density at radius 2 is 1.84 bits per heavy atom. The molecule has 2 heterocycles. The molecule has 7 heteroatoms. The van der Waals surface area contributed by atoms with Crippen LogP contribution in [0.5, 0.6) is 0 Å². The predicted octanol–water partition coefficient (Wildman–Crippen LogP) is 5.76. The monoisotopic (exact) mass is 352 g/mol. The first-order valence-corrected chi connectivity index (χ1v) is 7.82. The molecule has 0 fully saturated rings. The Balaban J connectivity index is 2.03. The summed E-state index contributed by atoms with van der Waals surface area (Å²) in [4.78, 5) is 7.47. The van der Waals surface area contributed by atoms with Crippen LogP contribution in [0.2, 0.25) is 0 Å². The number of alkyl halides is 3. The molecule has 0 bridgehead atoms. The molecule has 1 aromatic carbocycles. The van der Waals surface area contributed by atoms with E-state index in [1.165, 1.54) is 12.1 Å². The van der Waals surface area contributed by atoms with E-state index in [2.05, 4.69) is 9.97 Å². The summed E-state index contributed by atoms with van der Waals surface area (Å²) in [6, 6.07) is 5.22. The SMILES string of the molecule is CCCc1[nH]c(-c2ccc(-c3cc(F)ccc3C(F)(F)F)o2)nc1C. The number of hydrogen-bond acceptors (Lipinski definition) is 2. The smallest absolute Gasteiger partial charge is 0.417 e. The van der Waals surface area contributed by atoms with Crippen molar-refractivity contribution in [2.45, 2.75) is 32.9 Å². The first kappa shape index (κ1) is 17.3. The van der Waals surface area contributed by atoms with Gasteiger partial charge in [0.25, 0.3) is 0 Å². The lowest BCUT2D eigenvalue weighted by Gasteiger charge is -2.11. The minimum atomic E-state index is -4.61. The molecule has 25 heavy (non-hydrogen) atoms. The standard InChI is InChI=1S/C18H16F4N2O/c1-3-4-14-10(2)23-17(24-14)16-8-7-15(25-16)12-9-11(19)5-6-13(12)18(20,21)22/h5-9H,3-4H2,1-2H3,(H,23,24). The van der Waals surface area contributed by atoms with Crippen LogP contribution in [0, 0.1) is 12.7 Å². The number of nitrogens with one attached hydrogen (secondary N) is 1. The van der Waals surface area contributed by atoms with E-state index in [0.717, 1.165) is 36.4 Å². The van der Waals surface area contributed by atoms with Crippen LogP contribution in [-0.2, 0) is 12.6 Å². The topological polar surface area (TPSA) is 41.8 Å². The highest BCUT2D eigenvalue weighted by Gasteiger charge is 2.34. The molecule has 0 spiro atoms. The fraction of sp³-hybridized carbons (Fsp3) is 0.278. The average molecular weight is 352 g/mol. The number of aromatic amines is 1. The third kappa shape index (κ3) is 3.45. The number of aryl methyl sites for hydroxylation is 2. The Morgan fingerprint density at radius 3 is 2.52 bits per heavy atom. The Labute approximate surface area is 141 Å². The molecule has 0 aliphatic rings. The van der Waals surface area contributed by atoms with E-state index in [0.29, 0.717) is 17.7 Å². The number of imidazole rings is 1. The van der Waals surface area contributed by atoms with Crippen molar-refractivity contribution >= 4 is 0 Å². The van der Waals surface area contributed by atoms with Crippen molar-refractivity contribution < 1.29 is 22.0 Å². The molecule has 132 valence electrons. The lowest BCUT2D eigenvalue weighted by atomic mass is 10.0. The van der Waals surface area contributed by atoms with E-state index < -0.39 is 17.6 Å². The zero-order valence-electron chi connectivity index (χ0n) is 13.7. The molecule has 3 aromatic rings. The Bertz CT molecular complexity index is 893. The molecule has 0 unspecified atom stereocenters. The van der Waals surface area contributed by atoms with E-state index >= 15 is 0 Å². The van der Waals surface area contributed by atoms with Crippen molar-refractivity contribution in [1.82, 2.24) is 9.97 Å². The van der Waals surface area contributed by atoms with E-state index in [-0.39, 0.29) is 11.3 Å². The molecule has 0 aliphatic carbocycles. The molecule has 3 nitrogen and oxygen atoms in total. The molecule has 1 N–H and O–H groups in total. The highest BCUT2D eigenvalue weighted by molar-refractivity contribution is 5.66. The van der Waals surface area contributed by atoms with Crippen LogP contribution in [0.4, 0.5) is 17.6 Å². The second-order valence-electron chi connectivity index (χ2n) is 5.75. The normalized spacial score (nSPS) is 11.9. The van der Waals surface area contributed by atoms with Gasteiger partial charge in [-0.3, -0.25) is 0 Å². The van der Waals surface area contributed by atoms with E-state index in [1.54, 1.807) is 0 Å². The van der Waals surface area contributed by atoms with E-state index in [9.17, 15) is 17.6 Å². The highest BCUT2D eigenvalue weighted by atomic mass is 19.4. The fourth-order valence-electron chi connectivity index (χ4n) is 2.68. The maximum absolute atomic E-state index is 13.5. The van der Waals surface area contributed by atoms with Gasteiger partial charge in [-0.15, -0.1) is 0 Å². The Hall–Kier alpha value is -2.57. The van der Waals surface area contributed by atoms with Gasteiger partial charge in [-0.2, -0.15) is 13.2 Å². The predicted molar refractivity (Wildman–Crippen MR) is 85.4 cm³/mol. The van der Waals surface area contributed by atoms with E-state index in [1.807, 2.05) is 13.8 Å². The maximum atomic E-state index is 13.5. The second-order valence-corrected chi connectivity index (χ2v) is 5.75. The molecule has 0 saturated heterocycles. The summed E-state index contributed by atoms with van der Waals surface area (Å²) >= 11 is 0. The summed E-state index contributed by atoms with van der Waals surface area (Å²) in [5.41, 5.74) is 0.488. The van der Waals surface area contributed by atoms with Crippen LogP contribution < -0.4 is 0 Å². The van der Waals surface area contributed by atoms with Crippen molar-refractivity contribution in [2.75, 3.05) is 0 Å². The minimum Gasteiger partial charge on any atom is -0.453 e. The van der Waals surface area contributed by atoms with Crippen molar-refractivity contribution in [1.29, 1.82) is 0 Å². The summed E-state index contributed by atoms with van der Waals surface area (Å²) in [6.45, 7) is 3.89. The highest BCUT2D eigenvalue weighted by Crippen LogP contribution is 2.39. The second kappa shape index (κ2) is 6.38. The number of aromatic nitrogens is 2. The average Bonchev–Trinajstić information content (AvgIpc) is 3.14. The maximum Gasteiger partial charge on any atom is 0.417 e. The van der Waals surface area contributed by atoms with Gasteiger partial charge < -0.3 is 9.40 Å². The van der Waals surface area contributed by atoms with Crippen LogP contribution >= 0.6 is 0 Å².